The van der Waals surface area contributed by atoms with Gasteiger partial charge in [0.15, 0.2) is 6.10 Å². The Balaban J connectivity index is 1.64. The fraction of sp³-hybridized carbons (Fsp3) is 0.105. The van der Waals surface area contributed by atoms with Crippen LogP contribution in [-0.2, 0) is 4.79 Å². The molecule has 2 aromatic carbocycles. The average Bonchev–Trinajstić information content (AvgIpc) is 2.65. The molecule has 0 bridgehead atoms. The zero-order valence-electron chi connectivity index (χ0n) is 14.2. The lowest BCUT2D eigenvalue weighted by atomic mass is 10.2. The number of hydrazine groups is 1. The van der Waals surface area contributed by atoms with Crippen LogP contribution in [0.15, 0.2) is 68.3 Å². The molecule has 7 nitrogen and oxygen atoms in total. The van der Waals surface area contributed by atoms with E-state index in [1.807, 2.05) is 6.07 Å². The zero-order valence-corrected chi connectivity index (χ0v) is 15.8. The highest BCUT2D eigenvalue weighted by Gasteiger charge is 2.18. The van der Waals surface area contributed by atoms with Crippen molar-refractivity contribution in [1.82, 2.24) is 10.9 Å². The number of halogens is 1. The van der Waals surface area contributed by atoms with Gasteiger partial charge in [0.2, 0.25) is 0 Å². The van der Waals surface area contributed by atoms with E-state index in [-0.39, 0.29) is 5.56 Å². The van der Waals surface area contributed by atoms with Crippen molar-refractivity contribution in [3.63, 3.8) is 0 Å². The normalized spacial score (nSPS) is 11.6. The van der Waals surface area contributed by atoms with Gasteiger partial charge in [-0.15, -0.1) is 0 Å². The molecule has 0 spiro atoms. The molecule has 1 heterocycles. The molecule has 2 N–H and O–H groups in total. The Labute approximate surface area is 162 Å². The maximum atomic E-state index is 12.2. The lowest BCUT2D eigenvalue weighted by Gasteiger charge is -2.15. The summed E-state index contributed by atoms with van der Waals surface area (Å²) in [5.74, 6) is -0.862. The monoisotopic (exact) mass is 430 g/mol. The van der Waals surface area contributed by atoms with E-state index >= 15 is 0 Å². The Bertz CT molecular complexity index is 1060. The predicted octanol–water partition coefficient (Wildman–Crippen LogP) is 2.78. The number of nitrogens with one attached hydrogen (secondary N) is 2. The minimum Gasteiger partial charge on any atom is -0.481 e. The van der Waals surface area contributed by atoms with Crippen LogP contribution in [0.5, 0.6) is 5.75 Å². The summed E-state index contributed by atoms with van der Waals surface area (Å²) in [4.78, 5) is 36.3. The van der Waals surface area contributed by atoms with Crippen molar-refractivity contribution in [3.05, 3.63) is 75.1 Å². The Morgan fingerprint density at radius 2 is 1.85 bits per heavy atom. The number of hydrogen-bond donors (Lipinski definition) is 2. The van der Waals surface area contributed by atoms with Crippen LogP contribution in [0.2, 0.25) is 0 Å². The quantitative estimate of drug-likeness (QED) is 0.489. The highest BCUT2D eigenvalue weighted by atomic mass is 79.9. The number of para-hydroxylation sites is 1. The molecule has 3 rings (SSSR count). The van der Waals surface area contributed by atoms with Crippen LogP contribution in [-0.4, -0.2) is 17.9 Å². The van der Waals surface area contributed by atoms with E-state index < -0.39 is 23.5 Å². The topological polar surface area (TPSA) is 97.6 Å². The van der Waals surface area contributed by atoms with E-state index in [9.17, 15) is 14.4 Å². The number of carbonyl (C=O) groups excluding carboxylic acids is 2. The summed E-state index contributed by atoms with van der Waals surface area (Å²) in [6.45, 7) is 1.53. The molecule has 27 heavy (non-hydrogen) atoms. The fourth-order valence-corrected chi connectivity index (χ4v) is 2.68. The van der Waals surface area contributed by atoms with Gasteiger partial charge in [-0.3, -0.25) is 20.4 Å². The summed E-state index contributed by atoms with van der Waals surface area (Å²) >= 11 is 3.31. The van der Waals surface area contributed by atoms with Gasteiger partial charge >= 0.3 is 5.63 Å². The van der Waals surface area contributed by atoms with E-state index in [1.165, 1.54) is 13.0 Å². The zero-order chi connectivity index (χ0) is 19.4. The van der Waals surface area contributed by atoms with E-state index in [0.717, 1.165) is 4.47 Å². The van der Waals surface area contributed by atoms with E-state index in [1.54, 1.807) is 42.5 Å². The number of rotatable bonds is 4. The fourth-order valence-electron chi connectivity index (χ4n) is 2.31. The van der Waals surface area contributed by atoms with Crippen molar-refractivity contribution in [1.29, 1.82) is 0 Å². The Kier molecular flexibility index (Phi) is 5.56. The third-order valence-corrected chi connectivity index (χ3v) is 4.16. The summed E-state index contributed by atoms with van der Waals surface area (Å²) in [6.07, 6.45) is -0.868. The molecular weight excluding hydrogens is 416 g/mol. The van der Waals surface area contributed by atoms with Crippen LogP contribution < -0.4 is 21.2 Å². The summed E-state index contributed by atoms with van der Waals surface area (Å²) in [5.41, 5.74) is 3.80. The summed E-state index contributed by atoms with van der Waals surface area (Å²) in [6, 6.07) is 15.2. The molecule has 0 aliphatic heterocycles. The molecule has 0 radical (unpaired) electrons. The second-order valence-corrected chi connectivity index (χ2v) is 6.56. The highest BCUT2D eigenvalue weighted by Crippen LogP contribution is 2.18. The van der Waals surface area contributed by atoms with E-state index in [4.69, 9.17) is 9.15 Å². The standard InChI is InChI=1S/C19H15BrN2O5/c1-11(26-14-7-4-6-13(20)10-14)17(23)21-22-18(24)15-9-12-5-2-3-8-16(12)27-19(15)25/h2-11H,1H3,(H,21,23)(H,22,24)/t11-/m1/s1. The molecule has 138 valence electrons. The van der Waals surface area contributed by atoms with E-state index in [2.05, 4.69) is 26.8 Å². The molecule has 0 saturated heterocycles. The molecule has 1 aromatic heterocycles. The van der Waals surface area contributed by atoms with Gasteiger partial charge < -0.3 is 9.15 Å². The SMILES string of the molecule is C[C@@H](Oc1cccc(Br)c1)C(=O)NNC(=O)c1cc2ccccc2oc1=O. The van der Waals surface area contributed by atoms with Gasteiger partial charge in [-0.1, -0.05) is 40.2 Å². The van der Waals surface area contributed by atoms with Gasteiger partial charge in [0, 0.05) is 9.86 Å². The van der Waals surface area contributed by atoms with Crippen molar-refractivity contribution in [2.45, 2.75) is 13.0 Å². The molecular formula is C19H15BrN2O5. The van der Waals surface area contributed by atoms with Crippen LogP contribution in [0.1, 0.15) is 17.3 Å². The van der Waals surface area contributed by atoms with Crippen LogP contribution in [0, 0.1) is 0 Å². The largest absolute Gasteiger partial charge is 0.481 e. The number of carbonyl (C=O) groups is 2. The van der Waals surface area contributed by atoms with Crippen molar-refractivity contribution in [2.75, 3.05) is 0 Å². The maximum absolute atomic E-state index is 12.2. The van der Waals surface area contributed by atoms with Crippen molar-refractivity contribution < 1.29 is 18.7 Å². The number of hydrogen-bond acceptors (Lipinski definition) is 5. The predicted molar refractivity (Wildman–Crippen MR) is 102 cm³/mol. The molecule has 0 aliphatic rings. The van der Waals surface area contributed by atoms with Gasteiger partial charge in [-0.2, -0.15) is 0 Å². The lowest BCUT2D eigenvalue weighted by molar-refractivity contribution is -0.128. The van der Waals surface area contributed by atoms with Crippen LogP contribution >= 0.6 is 15.9 Å². The number of fused-ring (bicyclic) bond motifs is 1. The second-order valence-electron chi connectivity index (χ2n) is 5.65. The van der Waals surface area contributed by atoms with Crippen molar-refractivity contribution >= 4 is 38.7 Å². The first kappa shape index (κ1) is 18.7. The van der Waals surface area contributed by atoms with Crippen molar-refractivity contribution in [3.8, 4) is 5.75 Å². The lowest BCUT2D eigenvalue weighted by Crippen LogP contribution is -2.48. The van der Waals surface area contributed by atoms with Crippen LogP contribution in [0.25, 0.3) is 11.0 Å². The van der Waals surface area contributed by atoms with Gasteiger partial charge in [0.25, 0.3) is 11.8 Å². The third-order valence-electron chi connectivity index (χ3n) is 3.66. The van der Waals surface area contributed by atoms with Crippen LogP contribution in [0.4, 0.5) is 0 Å². The molecule has 3 aromatic rings. The van der Waals surface area contributed by atoms with Gasteiger partial charge in [-0.05, 0) is 37.3 Å². The van der Waals surface area contributed by atoms with Crippen molar-refractivity contribution in [2.24, 2.45) is 0 Å². The summed E-state index contributed by atoms with van der Waals surface area (Å²) in [5, 5.41) is 0.597. The van der Waals surface area contributed by atoms with Gasteiger partial charge in [0.1, 0.15) is 16.9 Å². The average molecular weight is 431 g/mol. The number of amides is 2. The summed E-state index contributed by atoms with van der Waals surface area (Å²) in [7, 11) is 0. The number of ether oxygens (including phenoxy) is 1. The summed E-state index contributed by atoms with van der Waals surface area (Å²) < 4.78 is 11.4. The minimum atomic E-state index is -0.868. The minimum absolute atomic E-state index is 0.213. The second kappa shape index (κ2) is 8.05. The third kappa shape index (κ3) is 4.53. The van der Waals surface area contributed by atoms with E-state index in [0.29, 0.717) is 16.7 Å². The Morgan fingerprint density at radius 1 is 1.07 bits per heavy atom. The van der Waals surface area contributed by atoms with Crippen LogP contribution in [0.3, 0.4) is 0 Å². The number of benzene rings is 2. The Morgan fingerprint density at radius 3 is 2.63 bits per heavy atom. The maximum Gasteiger partial charge on any atom is 0.349 e. The Hall–Kier alpha value is -3.13. The van der Waals surface area contributed by atoms with Gasteiger partial charge in [-0.25, -0.2) is 4.79 Å². The molecule has 0 unspecified atom stereocenters. The highest BCUT2D eigenvalue weighted by molar-refractivity contribution is 9.10. The van der Waals surface area contributed by atoms with Gasteiger partial charge in [0.05, 0.1) is 0 Å². The molecule has 1 atom stereocenters. The first-order chi connectivity index (χ1) is 12.9. The molecule has 0 saturated carbocycles. The molecule has 2 amide bonds. The molecule has 0 aliphatic carbocycles. The smallest absolute Gasteiger partial charge is 0.349 e. The molecule has 8 heteroatoms. The molecule has 0 fully saturated rings. The first-order valence-corrected chi connectivity index (χ1v) is 8.78. The first-order valence-electron chi connectivity index (χ1n) is 7.99.